The predicted octanol–water partition coefficient (Wildman–Crippen LogP) is 2.58. The topological polar surface area (TPSA) is 65.5 Å². The van der Waals surface area contributed by atoms with Gasteiger partial charge in [0.1, 0.15) is 6.54 Å². The lowest BCUT2D eigenvalue weighted by molar-refractivity contribution is -0.119. The van der Waals surface area contributed by atoms with Gasteiger partial charge in [-0.25, -0.2) is 4.99 Å². The van der Waals surface area contributed by atoms with Crippen molar-refractivity contribution in [3.8, 4) is 0 Å². The van der Waals surface area contributed by atoms with Crippen molar-refractivity contribution < 1.29 is 4.79 Å². The maximum atomic E-state index is 11.5. The number of rotatable bonds is 8. The van der Waals surface area contributed by atoms with Gasteiger partial charge in [0.05, 0.1) is 0 Å². The molecule has 0 fully saturated rings. The van der Waals surface area contributed by atoms with Crippen LogP contribution in [0, 0.1) is 0 Å². The van der Waals surface area contributed by atoms with Gasteiger partial charge in [-0.3, -0.25) is 4.79 Å². The molecule has 0 unspecified atom stereocenters. The Morgan fingerprint density at radius 1 is 1.18 bits per heavy atom. The van der Waals surface area contributed by atoms with Crippen LogP contribution in [0.4, 0.5) is 0 Å². The third-order valence-corrected chi connectivity index (χ3v) is 3.42. The zero-order valence-corrected chi connectivity index (χ0v) is 16.2. The molecule has 5 nitrogen and oxygen atoms in total. The Balaban J connectivity index is 0.00000441. The van der Waals surface area contributed by atoms with Crippen molar-refractivity contribution in [1.29, 1.82) is 0 Å². The van der Waals surface area contributed by atoms with Crippen LogP contribution in [0.1, 0.15) is 52.4 Å². The molecule has 1 rings (SSSR count). The summed E-state index contributed by atoms with van der Waals surface area (Å²) >= 11 is 0. The lowest BCUT2D eigenvalue weighted by atomic mass is 9.97. The quantitative estimate of drug-likeness (QED) is 0.244. The molecule has 1 aliphatic rings. The standard InChI is InChI=1S/C16H30N4O.HI/c1-3-11-18-15(21)13-20-16(17-4-2)19-12-10-14-8-6-5-7-9-14;/h8H,3-7,9-13H2,1-2H3,(H,18,21)(H2,17,19,20);1H. The van der Waals surface area contributed by atoms with Gasteiger partial charge >= 0.3 is 0 Å². The van der Waals surface area contributed by atoms with Gasteiger partial charge in [-0.05, 0) is 45.4 Å². The van der Waals surface area contributed by atoms with Crippen molar-refractivity contribution in [2.75, 3.05) is 26.2 Å². The number of halogens is 1. The van der Waals surface area contributed by atoms with E-state index in [1.54, 1.807) is 5.57 Å². The minimum atomic E-state index is -0.0240. The molecule has 0 aromatic carbocycles. The van der Waals surface area contributed by atoms with Gasteiger partial charge in [0.25, 0.3) is 0 Å². The molecule has 0 aromatic heterocycles. The molecule has 1 aliphatic carbocycles. The molecule has 0 bridgehead atoms. The van der Waals surface area contributed by atoms with Crippen LogP contribution in [0.2, 0.25) is 0 Å². The molecule has 22 heavy (non-hydrogen) atoms. The van der Waals surface area contributed by atoms with E-state index in [-0.39, 0.29) is 36.4 Å². The molecule has 6 heteroatoms. The molecule has 128 valence electrons. The normalized spacial score (nSPS) is 14.6. The maximum Gasteiger partial charge on any atom is 0.241 e. The van der Waals surface area contributed by atoms with E-state index < -0.39 is 0 Å². The fourth-order valence-electron chi connectivity index (χ4n) is 2.29. The molecular weight excluding hydrogens is 391 g/mol. The molecule has 0 saturated heterocycles. The number of aliphatic imine (C=N–C) groups is 1. The number of amides is 1. The highest BCUT2D eigenvalue weighted by atomic mass is 127. The van der Waals surface area contributed by atoms with Gasteiger partial charge in [0, 0.05) is 19.6 Å². The summed E-state index contributed by atoms with van der Waals surface area (Å²) in [5, 5.41) is 9.30. The summed E-state index contributed by atoms with van der Waals surface area (Å²) in [5.41, 5.74) is 1.55. The van der Waals surface area contributed by atoms with Gasteiger partial charge in [0.15, 0.2) is 5.96 Å². The van der Waals surface area contributed by atoms with Crippen molar-refractivity contribution >= 4 is 35.8 Å². The number of carbonyl (C=O) groups excluding carboxylic acids is 1. The summed E-state index contributed by atoms with van der Waals surface area (Å²) in [6, 6.07) is 0. The van der Waals surface area contributed by atoms with E-state index in [0.29, 0.717) is 6.54 Å². The van der Waals surface area contributed by atoms with Crippen LogP contribution in [-0.4, -0.2) is 38.0 Å². The largest absolute Gasteiger partial charge is 0.357 e. The molecule has 0 aliphatic heterocycles. The van der Waals surface area contributed by atoms with E-state index in [2.05, 4.69) is 27.0 Å². The van der Waals surface area contributed by atoms with E-state index in [1.807, 2.05) is 13.8 Å². The van der Waals surface area contributed by atoms with Gasteiger partial charge in [-0.1, -0.05) is 18.6 Å². The Bertz CT molecular complexity index is 369. The van der Waals surface area contributed by atoms with Gasteiger partial charge in [0.2, 0.25) is 5.91 Å². The molecule has 0 radical (unpaired) electrons. The predicted molar refractivity (Wildman–Crippen MR) is 104 cm³/mol. The van der Waals surface area contributed by atoms with Crippen molar-refractivity contribution in [3.05, 3.63) is 11.6 Å². The third-order valence-electron chi connectivity index (χ3n) is 3.42. The van der Waals surface area contributed by atoms with Crippen LogP contribution in [0.5, 0.6) is 0 Å². The maximum absolute atomic E-state index is 11.5. The molecule has 3 N–H and O–H groups in total. The zero-order chi connectivity index (χ0) is 15.3. The average molecular weight is 422 g/mol. The average Bonchev–Trinajstić information content (AvgIpc) is 2.51. The fraction of sp³-hybridized carbons (Fsp3) is 0.750. The zero-order valence-electron chi connectivity index (χ0n) is 13.9. The third kappa shape index (κ3) is 10.0. The highest BCUT2D eigenvalue weighted by Gasteiger charge is 2.04. The van der Waals surface area contributed by atoms with E-state index in [4.69, 9.17) is 0 Å². The second kappa shape index (κ2) is 13.8. The van der Waals surface area contributed by atoms with Crippen LogP contribution in [-0.2, 0) is 4.79 Å². The van der Waals surface area contributed by atoms with Gasteiger partial charge in [-0.15, -0.1) is 24.0 Å². The summed E-state index contributed by atoms with van der Waals surface area (Å²) in [6.07, 6.45) is 9.48. The number of hydrogen-bond donors (Lipinski definition) is 3. The monoisotopic (exact) mass is 422 g/mol. The first-order valence-corrected chi connectivity index (χ1v) is 8.23. The lowest BCUT2D eigenvalue weighted by Gasteiger charge is -2.15. The minimum Gasteiger partial charge on any atom is -0.357 e. The second-order valence-electron chi connectivity index (χ2n) is 5.33. The highest BCUT2D eigenvalue weighted by molar-refractivity contribution is 14.0. The lowest BCUT2D eigenvalue weighted by Crippen LogP contribution is -2.39. The summed E-state index contributed by atoms with van der Waals surface area (Å²) in [6.45, 7) is 6.62. The van der Waals surface area contributed by atoms with Gasteiger partial charge in [-0.2, -0.15) is 0 Å². The summed E-state index contributed by atoms with van der Waals surface area (Å²) in [7, 11) is 0. The van der Waals surface area contributed by atoms with Crippen LogP contribution in [0.25, 0.3) is 0 Å². The molecule has 0 atom stereocenters. The molecular formula is C16H31IN4O. The molecule has 0 spiro atoms. The first kappa shape index (κ1) is 21.2. The number of nitrogens with one attached hydrogen (secondary N) is 3. The Morgan fingerprint density at radius 3 is 2.64 bits per heavy atom. The van der Waals surface area contributed by atoms with E-state index in [1.165, 1.54) is 25.7 Å². The number of carbonyl (C=O) groups is 1. The van der Waals surface area contributed by atoms with Crippen LogP contribution in [0.15, 0.2) is 16.6 Å². The van der Waals surface area contributed by atoms with Crippen LogP contribution >= 0.6 is 24.0 Å². The van der Waals surface area contributed by atoms with Gasteiger partial charge < -0.3 is 16.0 Å². The number of nitrogens with zero attached hydrogens (tertiary/aromatic N) is 1. The Morgan fingerprint density at radius 2 is 2.00 bits per heavy atom. The number of hydrogen-bond acceptors (Lipinski definition) is 2. The Labute approximate surface area is 151 Å². The first-order valence-electron chi connectivity index (χ1n) is 8.23. The van der Waals surface area contributed by atoms with Crippen molar-refractivity contribution in [1.82, 2.24) is 16.0 Å². The second-order valence-corrected chi connectivity index (χ2v) is 5.33. The molecule has 0 aromatic rings. The van der Waals surface area contributed by atoms with Crippen LogP contribution < -0.4 is 16.0 Å². The summed E-state index contributed by atoms with van der Waals surface area (Å²) < 4.78 is 0. The first-order chi connectivity index (χ1) is 10.3. The van der Waals surface area contributed by atoms with Crippen LogP contribution in [0.3, 0.4) is 0 Å². The number of allylic oxidation sites excluding steroid dienone is 1. The smallest absolute Gasteiger partial charge is 0.241 e. The van der Waals surface area contributed by atoms with E-state index in [0.717, 1.165) is 31.9 Å². The fourth-order valence-corrected chi connectivity index (χ4v) is 2.29. The number of guanidine groups is 1. The highest BCUT2D eigenvalue weighted by Crippen LogP contribution is 2.19. The Kier molecular flexibility index (Phi) is 13.3. The molecule has 1 amide bonds. The summed E-state index contributed by atoms with van der Waals surface area (Å²) in [5.74, 6) is 0.699. The molecule has 0 saturated carbocycles. The van der Waals surface area contributed by atoms with Crippen molar-refractivity contribution in [3.63, 3.8) is 0 Å². The molecule has 0 heterocycles. The minimum absolute atomic E-state index is 0. The van der Waals surface area contributed by atoms with E-state index >= 15 is 0 Å². The van der Waals surface area contributed by atoms with Crippen molar-refractivity contribution in [2.24, 2.45) is 4.99 Å². The Hall–Kier alpha value is -0.790. The SMILES string of the molecule is CCCNC(=O)CN=C(NCC)NCCC1=CCCCC1.I. The van der Waals surface area contributed by atoms with E-state index in [9.17, 15) is 4.79 Å². The van der Waals surface area contributed by atoms with Crippen molar-refractivity contribution in [2.45, 2.75) is 52.4 Å². The summed E-state index contributed by atoms with van der Waals surface area (Å²) in [4.78, 5) is 15.9.